The van der Waals surface area contributed by atoms with Gasteiger partial charge in [0, 0.05) is 60.0 Å². The SMILES string of the molecule is C1CCCC1.O=C1C=CC(=O)N1CCNCC1CCCC1.O=C1C=CC(=O)N1c1ccc(/C=C/c2cc(O)ccc2O)cc1.[Fe]. The summed E-state index contributed by atoms with van der Waals surface area (Å²) in [5, 5.41) is 22.5. The number of hydrogen-bond donors (Lipinski definition) is 3. The summed E-state index contributed by atoms with van der Waals surface area (Å²) in [4.78, 5) is 48.0. The van der Waals surface area contributed by atoms with Gasteiger partial charge in [0.05, 0.1) is 5.69 Å². The summed E-state index contributed by atoms with van der Waals surface area (Å²) < 4.78 is 0. The van der Waals surface area contributed by atoms with Gasteiger partial charge >= 0.3 is 0 Å². The monoisotopic (exact) mass is 655 g/mol. The van der Waals surface area contributed by atoms with Gasteiger partial charge in [-0.05, 0) is 61.2 Å². The van der Waals surface area contributed by atoms with Crippen molar-refractivity contribution in [1.29, 1.82) is 0 Å². The zero-order chi connectivity index (χ0) is 31.3. The first-order chi connectivity index (χ1) is 21.3. The Labute approximate surface area is 275 Å². The van der Waals surface area contributed by atoms with E-state index in [1.807, 2.05) is 0 Å². The molecule has 240 valence electrons. The van der Waals surface area contributed by atoms with Crippen molar-refractivity contribution in [2.75, 3.05) is 24.5 Å². The fourth-order valence-electron chi connectivity index (χ4n) is 5.50. The zero-order valence-electron chi connectivity index (χ0n) is 25.3. The molecule has 0 bridgehead atoms. The summed E-state index contributed by atoms with van der Waals surface area (Å²) in [6.45, 7) is 2.21. The molecular weight excluding hydrogens is 614 g/mol. The van der Waals surface area contributed by atoms with Gasteiger partial charge in [-0.2, -0.15) is 0 Å². The van der Waals surface area contributed by atoms with E-state index in [1.165, 1.54) is 105 Å². The second-order valence-electron chi connectivity index (χ2n) is 11.3. The third-order valence-corrected chi connectivity index (χ3v) is 8.00. The Morgan fingerprint density at radius 3 is 1.84 bits per heavy atom. The van der Waals surface area contributed by atoms with Crippen LogP contribution >= 0.6 is 0 Å². The standard InChI is InChI=1S/C18H13NO4.C12H18N2O2.C5H10.Fe/c20-15-7-8-16(21)13(11-15)4-1-12-2-5-14(6-3-12)19-17(22)9-10-18(19)23;15-11-5-6-12(16)14(11)8-7-13-9-10-3-1-2-4-10;1-2-4-5-3-1;/h1-11,20-21H;5-6,10,13H,1-4,7-9H2;1-5H2;/b4-1+;;;. The van der Waals surface area contributed by atoms with Crippen LogP contribution in [0.4, 0.5) is 5.69 Å². The molecule has 0 spiro atoms. The van der Waals surface area contributed by atoms with E-state index in [-0.39, 0.29) is 52.2 Å². The van der Waals surface area contributed by atoms with Gasteiger partial charge in [-0.15, -0.1) is 0 Å². The van der Waals surface area contributed by atoms with E-state index in [2.05, 4.69) is 5.32 Å². The molecule has 2 aromatic rings. The number of phenolic OH excluding ortho intramolecular Hbond substituents is 2. The van der Waals surface area contributed by atoms with Crippen molar-refractivity contribution in [1.82, 2.24) is 10.2 Å². The third kappa shape index (κ3) is 10.8. The topological polar surface area (TPSA) is 127 Å². The molecule has 0 aromatic heterocycles. The quantitative estimate of drug-likeness (QED) is 0.115. The molecule has 0 radical (unpaired) electrons. The number of rotatable bonds is 8. The number of phenols is 2. The van der Waals surface area contributed by atoms with Crippen molar-refractivity contribution in [3.63, 3.8) is 0 Å². The van der Waals surface area contributed by atoms with Crippen molar-refractivity contribution < 1.29 is 46.5 Å². The van der Waals surface area contributed by atoms with Gasteiger partial charge in [-0.1, -0.05) is 69.2 Å². The largest absolute Gasteiger partial charge is 0.508 e. The fraction of sp³-hybridized carbons (Fsp3) is 0.371. The molecule has 0 saturated heterocycles. The second kappa shape index (κ2) is 18.1. The molecule has 45 heavy (non-hydrogen) atoms. The van der Waals surface area contributed by atoms with E-state index in [0.29, 0.717) is 24.3 Å². The van der Waals surface area contributed by atoms with Crippen LogP contribution < -0.4 is 10.2 Å². The van der Waals surface area contributed by atoms with Crippen molar-refractivity contribution >= 4 is 41.5 Å². The summed E-state index contributed by atoms with van der Waals surface area (Å²) >= 11 is 0. The van der Waals surface area contributed by atoms with E-state index in [1.54, 1.807) is 36.4 Å². The summed E-state index contributed by atoms with van der Waals surface area (Å²) in [7, 11) is 0. The van der Waals surface area contributed by atoms with Crippen LogP contribution in [0.5, 0.6) is 11.5 Å². The summed E-state index contributed by atoms with van der Waals surface area (Å²) in [5.41, 5.74) is 1.81. The minimum atomic E-state index is -0.358. The Morgan fingerprint density at radius 1 is 0.711 bits per heavy atom. The Morgan fingerprint density at radius 2 is 1.27 bits per heavy atom. The Bertz CT molecular complexity index is 1370. The summed E-state index contributed by atoms with van der Waals surface area (Å²) in [6.07, 6.45) is 21.4. The second-order valence-corrected chi connectivity index (χ2v) is 11.3. The van der Waals surface area contributed by atoms with Crippen LogP contribution in [-0.4, -0.2) is 58.4 Å². The molecule has 0 atom stereocenters. The number of nitrogens with one attached hydrogen (secondary N) is 1. The molecule has 2 aliphatic carbocycles. The van der Waals surface area contributed by atoms with Crippen molar-refractivity contribution in [3.8, 4) is 11.5 Å². The van der Waals surface area contributed by atoms with Crippen molar-refractivity contribution in [2.45, 2.75) is 57.8 Å². The normalized spacial score (nSPS) is 17.5. The van der Waals surface area contributed by atoms with E-state index in [4.69, 9.17) is 0 Å². The van der Waals surface area contributed by atoms with Crippen LogP contribution in [0.2, 0.25) is 0 Å². The first kappa shape index (κ1) is 35.5. The van der Waals surface area contributed by atoms with Gasteiger partial charge in [-0.25, -0.2) is 4.90 Å². The molecule has 4 aliphatic rings. The van der Waals surface area contributed by atoms with Gasteiger partial charge in [0.1, 0.15) is 11.5 Å². The first-order valence-electron chi connectivity index (χ1n) is 15.4. The van der Waals surface area contributed by atoms with Crippen LogP contribution in [-0.2, 0) is 36.2 Å². The number of hydrogen-bond acceptors (Lipinski definition) is 7. The minimum Gasteiger partial charge on any atom is -0.508 e. The van der Waals surface area contributed by atoms with Crippen LogP contribution in [0.25, 0.3) is 12.2 Å². The number of imide groups is 2. The molecule has 0 unspecified atom stereocenters. The number of benzene rings is 2. The average Bonchev–Trinajstić information content (AvgIpc) is 3.85. The molecule has 2 aromatic carbocycles. The molecule has 3 N–H and O–H groups in total. The maximum absolute atomic E-state index is 11.6. The van der Waals surface area contributed by atoms with E-state index in [9.17, 15) is 29.4 Å². The number of aromatic hydroxyl groups is 2. The number of nitrogens with zero attached hydrogens (tertiary/aromatic N) is 2. The van der Waals surface area contributed by atoms with Crippen LogP contribution in [0, 0.1) is 5.92 Å². The molecule has 2 aliphatic heterocycles. The van der Waals surface area contributed by atoms with Crippen molar-refractivity contribution in [2.24, 2.45) is 5.92 Å². The van der Waals surface area contributed by atoms with Gasteiger partial charge in [-0.3, -0.25) is 24.1 Å². The van der Waals surface area contributed by atoms with Crippen molar-refractivity contribution in [3.05, 3.63) is 77.9 Å². The van der Waals surface area contributed by atoms with Gasteiger partial charge < -0.3 is 15.5 Å². The third-order valence-electron chi connectivity index (χ3n) is 8.00. The summed E-state index contributed by atoms with van der Waals surface area (Å²) in [5.74, 6) is -0.166. The molecule has 9 nitrogen and oxygen atoms in total. The van der Waals surface area contributed by atoms with E-state index >= 15 is 0 Å². The molecule has 4 amide bonds. The Hall–Kier alpha value is -3.98. The predicted octanol–water partition coefficient (Wildman–Crippen LogP) is 5.34. The molecule has 2 fully saturated rings. The van der Waals surface area contributed by atoms with Gasteiger partial charge in [0.15, 0.2) is 0 Å². The van der Waals surface area contributed by atoms with Crippen LogP contribution in [0.3, 0.4) is 0 Å². The molecule has 6 rings (SSSR count). The van der Waals surface area contributed by atoms with E-state index < -0.39 is 0 Å². The molecule has 2 saturated carbocycles. The van der Waals surface area contributed by atoms with Gasteiger partial charge in [0.2, 0.25) is 0 Å². The van der Waals surface area contributed by atoms with E-state index in [0.717, 1.165) is 22.9 Å². The van der Waals surface area contributed by atoms with Gasteiger partial charge in [0.25, 0.3) is 23.6 Å². The summed E-state index contributed by atoms with van der Waals surface area (Å²) in [6, 6.07) is 11.1. The smallest absolute Gasteiger partial charge is 0.258 e. The fourth-order valence-corrected chi connectivity index (χ4v) is 5.50. The maximum Gasteiger partial charge on any atom is 0.258 e. The zero-order valence-corrected chi connectivity index (χ0v) is 26.4. The number of anilines is 1. The minimum absolute atomic E-state index is 0. The van der Waals surface area contributed by atoms with Crippen LogP contribution in [0.15, 0.2) is 66.8 Å². The Kier molecular flexibility index (Phi) is 14.3. The van der Waals surface area contributed by atoms with Crippen LogP contribution in [0.1, 0.15) is 68.9 Å². The maximum atomic E-state index is 11.6. The Balaban J connectivity index is 0.000000217. The average molecular weight is 656 g/mol. The number of amides is 4. The first-order valence-corrected chi connectivity index (χ1v) is 15.4. The molecule has 2 heterocycles. The molecule has 10 heteroatoms. The molecular formula is C35H41FeN3O6. The number of carbonyl (C=O) groups excluding carboxylic acids is 4. The predicted molar refractivity (Wildman–Crippen MR) is 171 cm³/mol. The number of carbonyl (C=O) groups is 4.